The van der Waals surface area contributed by atoms with E-state index in [2.05, 4.69) is 64.1 Å². The molecule has 0 bridgehead atoms. The van der Waals surface area contributed by atoms with Crippen molar-refractivity contribution in [1.82, 2.24) is 0 Å². The zero-order valence-corrected chi connectivity index (χ0v) is 11.5. The van der Waals surface area contributed by atoms with Crippen molar-refractivity contribution < 1.29 is 0 Å². The van der Waals surface area contributed by atoms with Crippen molar-refractivity contribution in [3.63, 3.8) is 0 Å². The highest BCUT2D eigenvalue weighted by Gasteiger charge is 2.08. The van der Waals surface area contributed by atoms with Gasteiger partial charge in [-0.2, -0.15) is 0 Å². The average molecular weight is 234 g/mol. The van der Waals surface area contributed by atoms with E-state index < -0.39 is 0 Å². The van der Waals surface area contributed by atoms with E-state index in [0.29, 0.717) is 0 Å². The predicted molar refractivity (Wildman–Crippen MR) is 80.4 cm³/mol. The van der Waals surface area contributed by atoms with E-state index in [9.17, 15) is 0 Å². The third-order valence-corrected chi connectivity index (χ3v) is 4.01. The van der Waals surface area contributed by atoms with Crippen LogP contribution in [0.25, 0.3) is 21.5 Å². The summed E-state index contributed by atoms with van der Waals surface area (Å²) in [4.78, 5) is 0. The van der Waals surface area contributed by atoms with E-state index in [4.69, 9.17) is 0 Å². The first kappa shape index (κ1) is 11.3. The zero-order chi connectivity index (χ0) is 12.9. The summed E-state index contributed by atoms with van der Waals surface area (Å²) in [5, 5.41) is 5.54. The second-order valence-electron chi connectivity index (χ2n) is 5.35. The molecule has 0 saturated heterocycles. The van der Waals surface area contributed by atoms with Gasteiger partial charge in [0.2, 0.25) is 0 Å². The van der Waals surface area contributed by atoms with Crippen molar-refractivity contribution in [2.75, 3.05) is 0 Å². The van der Waals surface area contributed by atoms with Crippen LogP contribution in [0.1, 0.15) is 22.3 Å². The molecule has 0 unspecified atom stereocenters. The largest absolute Gasteiger partial charge is 0.0587 e. The maximum Gasteiger partial charge on any atom is -0.00998 e. The summed E-state index contributed by atoms with van der Waals surface area (Å²) in [5.41, 5.74) is 5.46. The second kappa shape index (κ2) is 3.84. The van der Waals surface area contributed by atoms with Gasteiger partial charge in [0.15, 0.2) is 0 Å². The Morgan fingerprint density at radius 1 is 0.500 bits per heavy atom. The fourth-order valence-electron chi connectivity index (χ4n) is 2.82. The van der Waals surface area contributed by atoms with Gasteiger partial charge in [-0.05, 0) is 60.4 Å². The Balaban J connectivity index is 2.64. The molecule has 0 spiro atoms. The molecule has 0 radical (unpaired) electrons. The van der Waals surface area contributed by atoms with Crippen LogP contribution in [0.15, 0.2) is 36.4 Å². The van der Waals surface area contributed by atoms with Gasteiger partial charge in [0, 0.05) is 0 Å². The third-order valence-electron chi connectivity index (χ3n) is 4.01. The van der Waals surface area contributed by atoms with Crippen LogP contribution in [0.4, 0.5) is 0 Å². The van der Waals surface area contributed by atoms with Gasteiger partial charge in [0.25, 0.3) is 0 Å². The molecule has 0 saturated carbocycles. The topological polar surface area (TPSA) is 0 Å². The van der Waals surface area contributed by atoms with Crippen LogP contribution in [0.5, 0.6) is 0 Å². The summed E-state index contributed by atoms with van der Waals surface area (Å²) in [6, 6.07) is 13.5. The molecule has 0 aliphatic heterocycles. The maximum absolute atomic E-state index is 2.31. The first-order valence-corrected chi connectivity index (χ1v) is 6.48. The number of fused-ring (bicyclic) bond motifs is 3. The minimum absolute atomic E-state index is 1.33. The van der Waals surface area contributed by atoms with E-state index in [1.54, 1.807) is 0 Å². The molecule has 0 heterocycles. The summed E-state index contributed by atoms with van der Waals surface area (Å²) in [6.45, 7) is 8.78. The average Bonchev–Trinajstić information content (AvgIpc) is 2.36. The lowest BCUT2D eigenvalue weighted by atomic mass is 9.91. The van der Waals surface area contributed by atoms with Crippen LogP contribution in [0.3, 0.4) is 0 Å². The van der Waals surface area contributed by atoms with Gasteiger partial charge in [-0.3, -0.25) is 0 Å². The van der Waals surface area contributed by atoms with E-state index in [-0.39, 0.29) is 0 Å². The summed E-state index contributed by atoms with van der Waals surface area (Å²) in [7, 11) is 0. The molecule has 3 aromatic carbocycles. The molecule has 0 aliphatic rings. The van der Waals surface area contributed by atoms with Crippen LogP contribution in [0.2, 0.25) is 0 Å². The molecule has 0 nitrogen and oxygen atoms in total. The Bertz CT molecular complexity index is 697. The molecule has 90 valence electrons. The molecular formula is C18H18. The van der Waals surface area contributed by atoms with Crippen molar-refractivity contribution in [2.45, 2.75) is 27.7 Å². The zero-order valence-electron chi connectivity index (χ0n) is 11.5. The Labute approximate surface area is 108 Å². The third kappa shape index (κ3) is 1.53. The highest BCUT2D eigenvalue weighted by atomic mass is 14.1. The molecule has 18 heavy (non-hydrogen) atoms. The minimum Gasteiger partial charge on any atom is -0.0587 e. The molecule has 0 N–H and O–H groups in total. The van der Waals surface area contributed by atoms with Crippen molar-refractivity contribution in [1.29, 1.82) is 0 Å². The van der Waals surface area contributed by atoms with Crippen LogP contribution >= 0.6 is 0 Å². The fourth-order valence-corrected chi connectivity index (χ4v) is 2.82. The van der Waals surface area contributed by atoms with E-state index in [1.165, 1.54) is 43.8 Å². The smallest absolute Gasteiger partial charge is 0.00998 e. The molecule has 0 atom stereocenters. The monoisotopic (exact) mass is 234 g/mol. The lowest BCUT2D eigenvalue weighted by molar-refractivity contribution is 1.40. The molecule has 0 aliphatic carbocycles. The number of hydrogen-bond acceptors (Lipinski definition) is 0. The Kier molecular flexibility index (Phi) is 2.41. The van der Waals surface area contributed by atoms with Crippen molar-refractivity contribution in [2.24, 2.45) is 0 Å². The standard InChI is InChI=1S/C18H18/c1-11-5-7-15-13(3)14(4)16-8-6-12(2)10-18(16)17(15)9-11/h5-10H,1-4H3. The predicted octanol–water partition coefficient (Wildman–Crippen LogP) is 5.23. The maximum atomic E-state index is 2.31. The van der Waals surface area contributed by atoms with Gasteiger partial charge in [-0.15, -0.1) is 0 Å². The van der Waals surface area contributed by atoms with E-state index in [0.717, 1.165) is 0 Å². The fraction of sp³-hybridized carbons (Fsp3) is 0.222. The SMILES string of the molecule is Cc1ccc2c(C)c(C)c3ccc(C)cc3c2c1. The Morgan fingerprint density at radius 3 is 1.28 bits per heavy atom. The molecule has 0 aromatic heterocycles. The molecule has 0 heteroatoms. The molecule has 0 fully saturated rings. The minimum atomic E-state index is 1.33. The first-order chi connectivity index (χ1) is 8.58. The van der Waals surface area contributed by atoms with Gasteiger partial charge in [-0.1, -0.05) is 47.5 Å². The van der Waals surface area contributed by atoms with Crippen LogP contribution in [0, 0.1) is 27.7 Å². The lowest BCUT2D eigenvalue weighted by Gasteiger charge is -2.13. The van der Waals surface area contributed by atoms with E-state index in [1.807, 2.05) is 0 Å². The van der Waals surface area contributed by atoms with Gasteiger partial charge >= 0.3 is 0 Å². The van der Waals surface area contributed by atoms with Crippen LogP contribution < -0.4 is 0 Å². The Hall–Kier alpha value is -1.82. The highest BCUT2D eigenvalue weighted by molar-refractivity contribution is 6.10. The van der Waals surface area contributed by atoms with Crippen LogP contribution in [-0.4, -0.2) is 0 Å². The number of rotatable bonds is 0. The van der Waals surface area contributed by atoms with Crippen molar-refractivity contribution in [3.8, 4) is 0 Å². The van der Waals surface area contributed by atoms with Crippen LogP contribution in [-0.2, 0) is 0 Å². The molecule has 3 rings (SSSR count). The molecule has 0 amide bonds. The lowest BCUT2D eigenvalue weighted by Crippen LogP contribution is -1.89. The summed E-state index contributed by atoms with van der Waals surface area (Å²) in [5.74, 6) is 0. The van der Waals surface area contributed by atoms with Gasteiger partial charge in [0.1, 0.15) is 0 Å². The van der Waals surface area contributed by atoms with Gasteiger partial charge in [-0.25, -0.2) is 0 Å². The van der Waals surface area contributed by atoms with E-state index >= 15 is 0 Å². The highest BCUT2D eigenvalue weighted by Crippen LogP contribution is 2.33. The van der Waals surface area contributed by atoms with Crippen molar-refractivity contribution in [3.05, 3.63) is 58.7 Å². The van der Waals surface area contributed by atoms with Crippen molar-refractivity contribution >= 4 is 21.5 Å². The number of aryl methyl sites for hydroxylation is 4. The Morgan fingerprint density at radius 2 is 0.889 bits per heavy atom. The summed E-state index contributed by atoms with van der Waals surface area (Å²) < 4.78 is 0. The number of hydrogen-bond donors (Lipinski definition) is 0. The molecule has 3 aromatic rings. The second-order valence-corrected chi connectivity index (χ2v) is 5.35. The quantitative estimate of drug-likeness (QED) is 0.467. The van der Waals surface area contributed by atoms with Gasteiger partial charge < -0.3 is 0 Å². The first-order valence-electron chi connectivity index (χ1n) is 6.48. The normalized spacial score (nSPS) is 11.3. The summed E-state index contributed by atoms with van der Waals surface area (Å²) >= 11 is 0. The summed E-state index contributed by atoms with van der Waals surface area (Å²) in [6.07, 6.45) is 0. The number of benzene rings is 3. The molecular weight excluding hydrogens is 216 g/mol. The van der Waals surface area contributed by atoms with Gasteiger partial charge in [0.05, 0.1) is 0 Å².